The van der Waals surface area contributed by atoms with E-state index in [1.54, 1.807) is 6.07 Å². The second kappa shape index (κ2) is 6.60. The molecule has 4 nitrogen and oxygen atoms in total. The van der Waals surface area contributed by atoms with Crippen LogP contribution in [-0.4, -0.2) is 30.6 Å². The quantitative estimate of drug-likeness (QED) is 0.865. The fourth-order valence-electron chi connectivity index (χ4n) is 2.80. The summed E-state index contributed by atoms with van der Waals surface area (Å²) in [6.07, 6.45) is 0. The van der Waals surface area contributed by atoms with Gasteiger partial charge in [-0.3, -0.25) is 4.90 Å². The predicted octanol–water partition coefficient (Wildman–Crippen LogP) is 2.32. The normalized spacial score (nSPS) is 19.4. The summed E-state index contributed by atoms with van der Waals surface area (Å²) in [5.41, 5.74) is 2.59. The Balaban J connectivity index is 0.00000161. The molecule has 1 fully saturated rings. The topological polar surface area (TPSA) is 45.5 Å². The van der Waals surface area contributed by atoms with Crippen LogP contribution >= 0.6 is 12.4 Å². The van der Waals surface area contributed by atoms with E-state index in [4.69, 9.17) is 4.42 Å². The molecule has 0 bridgehead atoms. The molecule has 0 amide bonds. The Bertz CT molecular complexity index is 684. The average molecular weight is 309 g/mol. The molecule has 1 atom stereocenters. The number of piperazine rings is 1. The first-order valence-electron chi connectivity index (χ1n) is 7.11. The third kappa shape index (κ3) is 3.46. The number of nitrogens with zero attached hydrogens (tertiary/aromatic N) is 1. The van der Waals surface area contributed by atoms with E-state index >= 15 is 0 Å². The molecule has 0 unspecified atom stereocenters. The third-order valence-electron chi connectivity index (χ3n) is 4.00. The standard InChI is InChI=1S/C16H20N2O2.ClH/c1-11-3-4-14-13(8-16(19)20-15(14)7-11)10-18-6-5-17-9-12(18)2;/h3-4,7-8,12,17H,5-6,9-10H2,1-2H3;1H/t12-;/m1./s1. The minimum absolute atomic E-state index is 0. The first-order valence-corrected chi connectivity index (χ1v) is 7.11. The molecule has 0 spiro atoms. The maximum Gasteiger partial charge on any atom is 0.336 e. The van der Waals surface area contributed by atoms with E-state index < -0.39 is 0 Å². The maximum atomic E-state index is 11.7. The van der Waals surface area contributed by atoms with Crippen molar-refractivity contribution in [3.8, 4) is 0 Å². The van der Waals surface area contributed by atoms with Crippen molar-refractivity contribution in [3.63, 3.8) is 0 Å². The van der Waals surface area contributed by atoms with Gasteiger partial charge in [-0.1, -0.05) is 12.1 Å². The summed E-state index contributed by atoms with van der Waals surface area (Å²) in [5, 5.41) is 4.43. The number of nitrogens with one attached hydrogen (secondary N) is 1. The first kappa shape index (κ1) is 16.0. The summed E-state index contributed by atoms with van der Waals surface area (Å²) in [4.78, 5) is 14.1. The lowest BCUT2D eigenvalue weighted by Crippen LogP contribution is -2.49. The van der Waals surface area contributed by atoms with Crippen molar-refractivity contribution in [2.75, 3.05) is 19.6 Å². The second-order valence-electron chi connectivity index (χ2n) is 5.61. The highest BCUT2D eigenvalue weighted by Crippen LogP contribution is 2.20. The zero-order chi connectivity index (χ0) is 14.1. The van der Waals surface area contributed by atoms with Gasteiger partial charge in [0.1, 0.15) is 5.58 Å². The molecule has 1 aliphatic rings. The van der Waals surface area contributed by atoms with E-state index in [1.807, 2.05) is 13.0 Å². The summed E-state index contributed by atoms with van der Waals surface area (Å²) in [6, 6.07) is 8.16. The SMILES string of the molecule is Cc1ccc2c(CN3CCNC[C@H]3C)cc(=O)oc2c1.Cl. The molecule has 5 heteroatoms. The third-order valence-corrected chi connectivity index (χ3v) is 4.00. The van der Waals surface area contributed by atoms with Crippen molar-refractivity contribution in [1.82, 2.24) is 10.2 Å². The number of benzene rings is 1. The Kier molecular flexibility index (Phi) is 5.04. The minimum Gasteiger partial charge on any atom is -0.423 e. The largest absolute Gasteiger partial charge is 0.423 e. The minimum atomic E-state index is -0.263. The first-order chi connectivity index (χ1) is 9.63. The summed E-state index contributed by atoms with van der Waals surface area (Å²) in [6.45, 7) is 8.03. The number of hydrogen-bond donors (Lipinski definition) is 1. The number of fused-ring (bicyclic) bond motifs is 1. The Hall–Kier alpha value is -1.36. The van der Waals surface area contributed by atoms with Gasteiger partial charge in [0.2, 0.25) is 0 Å². The van der Waals surface area contributed by atoms with Gasteiger partial charge in [0.05, 0.1) is 0 Å². The van der Waals surface area contributed by atoms with Crippen LogP contribution in [0.1, 0.15) is 18.1 Å². The van der Waals surface area contributed by atoms with Crippen LogP contribution in [0, 0.1) is 6.92 Å². The molecule has 0 radical (unpaired) electrons. The molecule has 1 aliphatic heterocycles. The second-order valence-corrected chi connectivity index (χ2v) is 5.61. The summed E-state index contributed by atoms with van der Waals surface area (Å²) >= 11 is 0. The van der Waals surface area contributed by atoms with Gasteiger partial charge in [-0.15, -0.1) is 12.4 Å². The van der Waals surface area contributed by atoms with Gasteiger partial charge in [-0.05, 0) is 31.0 Å². The highest BCUT2D eigenvalue weighted by molar-refractivity contribution is 5.85. The number of aryl methyl sites for hydroxylation is 1. The van der Waals surface area contributed by atoms with E-state index in [0.717, 1.165) is 42.7 Å². The van der Waals surface area contributed by atoms with Crippen LogP contribution in [0.5, 0.6) is 0 Å². The Morgan fingerprint density at radius 2 is 2.19 bits per heavy atom. The van der Waals surface area contributed by atoms with Crippen LogP contribution in [0.4, 0.5) is 0 Å². The Morgan fingerprint density at radius 3 is 2.95 bits per heavy atom. The Morgan fingerprint density at radius 1 is 1.38 bits per heavy atom. The molecule has 1 aromatic carbocycles. The van der Waals surface area contributed by atoms with E-state index in [-0.39, 0.29) is 18.0 Å². The van der Waals surface area contributed by atoms with E-state index in [1.165, 1.54) is 0 Å². The molecule has 3 rings (SSSR count). The summed E-state index contributed by atoms with van der Waals surface area (Å²) < 4.78 is 5.31. The zero-order valence-corrected chi connectivity index (χ0v) is 13.2. The van der Waals surface area contributed by atoms with Gasteiger partial charge < -0.3 is 9.73 Å². The molecule has 1 N–H and O–H groups in total. The number of rotatable bonds is 2. The van der Waals surface area contributed by atoms with Crippen LogP contribution in [0.15, 0.2) is 33.5 Å². The predicted molar refractivity (Wildman–Crippen MR) is 87.2 cm³/mol. The van der Waals surface area contributed by atoms with E-state index in [2.05, 4.69) is 29.3 Å². The lowest BCUT2D eigenvalue weighted by Gasteiger charge is -2.34. The van der Waals surface area contributed by atoms with Crippen LogP contribution in [0.3, 0.4) is 0 Å². The lowest BCUT2D eigenvalue weighted by atomic mass is 10.1. The molecule has 2 aromatic rings. The molecule has 1 aromatic heterocycles. The Labute approximate surface area is 130 Å². The zero-order valence-electron chi connectivity index (χ0n) is 12.4. The van der Waals surface area contributed by atoms with Crippen LogP contribution in [0.2, 0.25) is 0 Å². The fourth-order valence-corrected chi connectivity index (χ4v) is 2.80. The van der Waals surface area contributed by atoms with Crippen molar-refractivity contribution in [2.45, 2.75) is 26.4 Å². The van der Waals surface area contributed by atoms with Gasteiger partial charge in [-0.25, -0.2) is 4.79 Å². The van der Waals surface area contributed by atoms with E-state index in [9.17, 15) is 4.79 Å². The van der Waals surface area contributed by atoms with Crippen molar-refractivity contribution in [2.24, 2.45) is 0 Å². The van der Waals surface area contributed by atoms with Crippen LogP contribution in [-0.2, 0) is 6.54 Å². The van der Waals surface area contributed by atoms with Crippen LogP contribution < -0.4 is 10.9 Å². The summed E-state index contributed by atoms with van der Waals surface area (Å²) in [7, 11) is 0. The summed E-state index contributed by atoms with van der Waals surface area (Å²) in [5.74, 6) is 0. The average Bonchev–Trinajstić information content (AvgIpc) is 2.40. The molecule has 21 heavy (non-hydrogen) atoms. The van der Waals surface area contributed by atoms with Gasteiger partial charge >= 0.3 is 5.63 Å². The lowest BCUT2D eigenvalue weighted by molar-refractivity contribution is 0.166. The highest BCUT2D eigenvalue weighted by atomic mass is 35.5. The van der Waals surface area contributed by atoms with Crippen LogP contribution in [0.25, 0.3) is 11.0 Å². The molecular weight excluding hydrogens is 288 g/mol. The molecule has 0 aliphatic carbocycles. The fraction of sp³-hybridized carbons (Fsp3) is 0.438. The van der Waals surface area contributed by atoms with Crippen molar-refractivity contribution in [3.05, 3.63) is 45.8 Å². The van der Waals surface area contributed by atoms with Crippen molar-refractivity contribution in [1.29, 1.82) is 0 Å². The maximum absolute atomic E-state index is 11.7. The van der Waals surface area contributed by atoms with Gasteiger partial charge in [-0.2, -0.15) is 0 Å². The monoisotopic (exact) mass is 308 g/mol. The molecule has 1 saturated heterocycles. The van der Waals surface area contributed by atoms with Crippen molar-refractivity contribution < 1.29 is 4.42 Å². The van der Waals surface area contributed by atoms with Gasteiger partial charge in [0.15, 0.2) is 0 Å². The molecule has 0 saturated carbocycles. The van der Waals surface area contributed by atoms with Crippen molar-refractivity contribution >= 4 is 23.4 Å². The van der Waals surface area contributed by atoms with E-state index in [0.29, 0.717) is 11.6 Å². The number of halogens is 1. The molecular formula is C16H21ClN2O2. The van der Waals surface area contributed by atoms with Gasteiger partial charge in [0, 0.05) is 43.7 Å². The molecule has 114 valence electrons. The smallest absolute Gasteiger partial charge is 0.336 e. The highest BCUT2D eigenvalue weighted by Gasteiger charge is 2.19. The van der Waals surface area contributed by atoms with Gasteiger partial charge in [0.25, 0.3) is 0 Å². The molecule has 2 heterocycles. The number of hydrogen-bond acceptors (Lipinski definition) is 4.